The second kappa shape index (κ2) is 7.97. The quantitative estimate of drug-likeness (QED) is 0.705. The van der Waals surface area contributed by atoms with Gasteiger partial charge in [-0.1, -0.05) is 6.92 Å². The lowest BCUT2D eigenvalue weighted by atomic mass is 10.4. The second-order valence-electron chi connectivity index (χ2n) is 3.87. The van der Waals surface area contributed by atoms with Gasteiger partial charge in [-0.25, -0.2) is 9.37 Å². The van der Waals surface area contributed by atoms with E-state index in [0.717, 1.165) is 19.2 Å². The summed E-state index contributed by atoms with van der Waals surface area (Å²) in [6, 6.07) is 0. The number of hydrogen-bond donors (Lipinski definition) is 2. The Balaban J connectivity index is 2.49. The maximum absolute atomic E-state index is 13.4. The molecule has 1 heterocycles. The van der Waals surface area contributed by atoms with Gasteiger partial charge in [0.2, 0.25) is 5.95 Å². The average molecular weight is 274 g/mol. The first kappa shape index (κ1) is 14.8. The van der Waals surface area contributed by atoms with Gasteiger partial charge in [-0.15, -0.1) is 0 Å². The largest absolute Gasteiger partial charge is 0.367 e. The van der Waals surface area contributed by atoms with Crippen molar-refractivity contribution in [2.45, 2.75) is 19.8 Å². The SMILES string of the molecule is CCCNc1ncc(F)c(NCCCS(C)=O)n1. The lowest BCUT2D eigenvalue weighted by Crippen LogP contribution is -2.11. The fourth-order valence-electron chi connectivity index (χ4n) is 1.30. The van der Waals surface area contributed by atoms with Crippen LogP contribution in [0.2, 0.25) is 0 Å². The van der Waals surface area contributed by atoms with Gasteiger partial charge in [0, 0.05) is 35.9 Å². The van der Waals surface area contributed by atoms with Crippen LogP contribution in [-0.2, 0) is 10.8 Å². The van der Waals surface area contributed by atoms with Crippen molar-refractivity contribution in [3.63, 3.8) is 0 Å². The smallest absolute Gasteiger partial charge is 0.224 e. The lowest BCUT2D eigenvalue weighted by Gasteiger charge is -2.08. The van der Waals surface area contributed by atoms with E-state index in [0.29, 0.717) is 24.7 Å². The fourth-order valence-corrected chi connectivity index (χ4v) is 1.85. The zero-order valence-corrected chi connectivity index (χ0v) is 11.5. The van der Waals surface area contributed by atoms with Crippen LogP contribution in [0.1, 0.15) is 19.8 Å². The number of aromatic nitrogens is 2. The summed E-state index contributed by atoms with van der Waals surface area (Å²) in [5, 5.41) is 5.88. The van der Waals surface area contributed by atoms with Gasteiger partial charge in [0.25, 0.3) is 0 Å². The minimum absolute atomic E-state index is 0.186. The highest BCUT2D eigenvalue weighted by Gasteiger charge is 2.05. The number of halogens is 1. The first-order valence-corrected chi connectivity index (χ1v) is 7.66. The van der Waals surface area contributed by atoms with Gasteiger partial charge in [0.1, 0.15) is 0 Å². The highest BCUT2D eigenvalue weighted by molar-refractivity contribution is 7.84. The van der Waals surface area contributed by atoms with E-state index in [1.165, 1.54) is 0 Å². The molecule has 0 bridgehead atoms. The highest BCUT2D eigenvalue weighted by atomic mass is 32.2. The third-order valence-electron chi connectivity index (χ3n) is 2.18. The van der Waals surface area contributed by atoms with E-state index in [1.807, 2.05) is 6.92 Å². The van der Waals surface area contributed by atoms with Crippen LogP contribution >= 0.6 is 0 Å². The van der Waals surface area contributed by atoms with E-state index in [1.54, 1.807) is 6.26 Å². The van der Waals surface area contributed by atoms with Crippen molar-refractivity contribution in [1.29, 1.82) is 0 Å². The molecule has 0 aliphatic carbocycles. The zero-order chi connectivity index (χ0) is 13.4. The molecule has 0 saturated carbocycles. The second-order valence-corrected chi connectivity index (χ2v) is 5.43. The van der Waals surface area contributed by atoms with Gasteiger partial charge in [0.05, 0.1) is 6.20 Å². The van der Waals surface area contributed by atoms with Gasteiger partial charge < -0.3 is 10.6 Å². The molecule has 18 heavy (non-hydrogen) atoms. The third kappa shape index (κ3) is 5.39. The summed E-state index contributed by atoms with van der Waals surface area (Å²) in [5.74, 6) is 0.723. The van der Waals surface area contributed by atoms with Gasteiger partial charge in [0.15, 0.2) is 11.6 Å². The van der Waals surface area contributed by atoms with Gasteiger partial charge in [-0.3, -0.25) is 4.21 Å². The Hall–Kier alpha value is -1.24. The van der Waals surface area contributed by atoms with Crippen LogP contribution < -0.4 is 10.6 Å². The summed E-state index contributed by atoms with van der Waals surface area (Å²) in [6.07, 6.45) is 4.46. The Labute approximate surface area is 109 Å². The average Bonchev–Trinajstić information content (AvgIpc) is 2.34. The Kier molecular flexibility index (Phi) is 6.56. The maximum Gasteiger partial charge on any atom is 0.224 e. The molecule has 0 aromatic carbocycles. The van der Waals surface area contributed by atoms with Gasteiger partial charge in [-0.2, -0.15) is 4.98 Å². The standard InChI is InChI=1S/C11H19FN4OS/c1-3-5-14-11-15-8-9(12)10(16-11)13-6-4-7-18(2)17/h8H,3-7H2,1-2H3,(H2,13,14,15,16). The van der Waals surface area contributed by atoms with Crippen LogP contribution in [0.15, 0.2) is 6.20 Å². The van der Waals surface area contributed by atoms with Gasteiger partial charge >= 0.3 is 0 Å². The normalized spacial score (nSPS) is 12.2. The van der Waals surface area contributed by atoms with Gasteiger partial charge in [-0.05, 0) is 12.8 Å². The van der Waals surface area contributed by atoms with Crippen molar-refractivity contribution < 1.29 is 8.60 Å². The minimum atomic E-state index is -0.816. The summed E-state index contributed by atoms with van der Waals surface area (Å²) in [5.41, 5.74) is 0. The van der Waals surface area contributed by atoms with Crippen LogP contribution in [0.4, 0.5) is 16.2 Å². The van der Waals surface area contributed by atoms with E-state index in [2.05, 4.69) is 20.6 Å². The zero-order valence-electron chi connectivity index (χ0n) is 10.7. The molecule has 0 aliphatic heterocycles. The molecule has 1 atom stereocenters. The van der Waals surface area contributed by atoms with Crippen LogP contribution in [0, 0.1) is 5.82 Å². The number of rotatable bonds is 8. The molecule has 0 aliphatic rings. The molecule has 2 N–H and O–H groups in total. The van der Waals surface area contributed by atoms with Crippen molar-refractivity contribution in [3.05, 3.63) is 12.0 Å². The van der Waals surface area contributed by atoms with E-state index < -0.39 is 16.6 Å². The molecule has 0 radical (unpaired) electrons. The first-order chi connectivity index (χ1) is 8.63. The molecule has 0 spiro atoms. The van der Waals surface area contributed by atoms with E-state index in [-0.39, 0.29) is 5.82 Å². The number of hydrogen-bond acceptors (Lipinski definition) is 5. The Bertz CT molecular complexity index is 403. The molecule has 5 nitrogen and oxygen atoms in total. The molecule has 1 aromatic rings. The first-order valence-electron chi connectivity index (χ1n) is 5.93. The molecular weight excluding hydrogens is 255 g/mol. The molecule has 0 amide bonds. The van der Waals surface area contributed by atoms with Crippen molar-refractivity contribution in [1.82, 2.24) is 9.97 Å². The maximum atomic E-state index is 13.4. The molecule has 7 heteroatoms. The third-order valence-corrected chi connectivity index (χ3v) is 3.04. The molecule has 1 aromatic heterocycles. The topological polar surface area (TPSA) is 66.9 Å². The van der Waals surface area contributed by atoms with Crippen molar-refractivity contribution >= 4 is 22.6 Å². The molecule has 1 unspecified atom stereocenters. The molecular formula is C11H19FN4OS. The number of nitrogens with one attached hydrogen (secondary N) is 2. The van der Waals surface area contributed by atoms with Crippen LogP contribution in [0.25, 0.3) is 0 Å². The lowest BCUT2D eigenvalue weighted by molar-refractivity contribution is 0.617. The minimum Gasteiger partial charge on any atom is -0.367 e. The highest BCUT2D eigenvalue weighted by Crippen LogP contribution is 2.11. The Morgan fingerprint density at radius 3 is 2.83 bits per heavy atom. The van der Waals surface area contributed by atoms with E-state index in [9.17, 15) is 8.60 Å². The van der Waals surface area contributed by atoms with Crippen LogP contribution in [-0.4, -0.2) is 39.3 Å². The van der Waals surface area contributed by atoms with E-state index in [4.69, 9.17) is 0 Å². The summed E-state index contributed by atoms with van der Waals surface area (Å²) >= 11 is 0. The Morgan fingerprint density at radius 1 is 1.39 bits per heavy atom. The fraction of sp³-hybridized carbons (Fsp3) is 0.636. The van der Waals surface area contributed by atoms with Crippen LogP contribution in [0.5, 0.6) is 0 Å². The Morgan fingerprint density at radius 2 is 2.17 bits per heavy atom. The summed E-state index contributed by atoms with van der Waals surface area (Å²) in [6.45, 7) is 3.32. The number of anilines is 2. The molecule has 1 rings (SSSR count). The summed E-state index contributed by atoms with van der Waals surface area (Å²) in [7, 11) is -0.816. The number of nitrogens with zero attached hydrogens (tertiary/aromatic N) is 2. The molecule has 0 saturated heterocycles. The summed E-state index contributed by atoms with van der Waals surface area (Å²) < 4.78 is 24.3. The van der Waals surface area contributed by atoms with Crippen molar-refractivity contribution in [2.24, 2.45) is 0 Å². The molecule has 0 fully saturated rings. The van der Waals surface area contributed by atoms with Crippen LogP contribution in [0.3, 0.4) is 0 Å². The predicted octanol–water partition coefficient (Wildman–Crippen LogP) is 1.62. The van der Waals surface area contributed by atoms with E-state index >= 15 is 0 Å². The predicted molar refractivity (Wildman–Crippen MR) is 72.8 cm³/mol. The van der Waals surface area contributed by atoms with Crippen molar-refractivity contribution in [3.8, 4) is 0 Å². The summed E-state index contributed by atoms with van der Waals surface area (Å²) in [4.78, 5) is 7.89. The monoisotopic (exact) mass is 274 g/mol. The van der Waals surface area contributed by atoms with Crippen molar-refractivity contribution in [2.75, 3.05) is 35.7 Å². The molecule has 102 valence electrons.